The Hall–Kier alpha value is -1.45. The second kappa shape index (κ2) is 3.09. The number of hydrogen-bond donors (Lipinski definition) is 1. The molecule has 1 aromatic heterocycles. The first-order chi connectivity index (χ1) is 5.24. The summed E-state index contributed by atoms with van der Waals surface area (Å²) < 4.78 is 12.5. The van der Waals surface area contributed by atoms with Gasteiger partial charge in [0.25, 0.3) is 0 Å². The second-order valence-electron chi connectivity index (χ2n) is 2.08. The molecule has 0 aliphatic carbocycles. The Balaban J connectivity index is 3.06. The van der Waals surface area contributed by atoms with Crippen molar-refractivity contribution in [2.45, 2.75) is 6.92 Å². The first-order valence-electron chi connectivity index (χ1n) is 3.03. The predicted molar refractivity (Wildman–Crippen MR) is 38.2 cm³/mol. The Bertz CT molecular complexity index is 286. The molecule has 11 heavy (non-hydrogen) atoms. The van der Waals surface area contributed by atoms with Crippen LogP contribution in [0.2, 0.25) is 0 Å². The molecule has 0 aliphatic heterocycles. The molecule has 0 unspecified atom stereocenters. The highest BCUT2D eigenvalue weighted by atomic mass is 19.1. The second-order valence-corrected chi connectivity index (χ2v) is 2.08. The van der Waals surface area contributed by atoms with Crippen LogP contribution in [0.1, 0.15) is 12.5 Å². The molecule has 0 aliphatic rings. The summed E-state index contributed by atoms with van der Waals surface area (Å²) in [4.78, 5) is 3.59. The van der Waals surface area contributed by atoms with Crippen LogP contribution in [0, 0.1) is 5.82 Å². The zero-order chi connectivity index (χ0) is 8.27. The van der Waals surface area contributed by atoms with E-state index in [-0.39, 0.29) is 0 Å². The van der Waals surface area contributed by atoms with Gasteiger partial charge in [-0.15, -0.1) is 0 Å². The van der Waals surface area contributed by atoms with E-state index < -0.39 is 5.82 Å². The molecule has 0 atom stereocenters. The Morgan fingerprint density at radius 1 is 1.64 bits per heavy atom. The molecule has 58 valence electrons. The van der Waals surface area contributed by atoms with Crippen molar-refractivity contribution in [1.82, 2.24) is 4.98 Å². The van der Waals surface area contributed by atoms with E-state index in [0.29, 0.717) is 11.3 Å². The molecular weight excluding hydrogens is 147 g/mol. The van der Waals surface area contributed by atoms with E-state index in [9.17, 15) is 4.39 Å². The van der Waals surface area contributed by atoms with Crippen LogP contribution >= 0.6 is 0 Å². The lowest BCUT2D eigenvalue weighted by Crippen LogP contribution is -1.95. The molecule has 1 heterocycles. The van der Waals surface area contributed by atoms with Crippen LogP contribution < -0.4 is 0 Å². The normalized spacial score (nSPS) is 11.6. The Labute approximate surface area is 63.2 Å². The lowest BCUT2D eigenvalue weighted by atomic mass is 10.2. The summed E-state index contributed by atoms with van der Waals surface area (Å²) in [5, 5.41) is 11.2. The molecule has 0 amide bonds. The van der Waals surface area contributed by atoms with Crippen LogP contribution in [0.5, 0.6) is 0 Å². The number of rotatable bonds is 1. The molecule has 1 rings (SSSR count). The fraction of sp³-hybridized carbons (Fsp3) is 0.143. The van der Waals surface area contributed by atoms with Gasteiger partial charge in [0.15, 0.2) is 0 Å². The molecule has 0 fully saturated rings. The van der Waals surface area contributed by atoms with Crippen LogP contribution in [-0.2, 0) is 0 Å². The van der Waals surface area contributed by atoms with Gasteiger partial charge in [-0.05, 0) is 13.0 Å². The van der Waals surface area contributed by atoms with Gasteiger partial charge in [-0.1, -0.05) is 5.16 Å². The van der Waals surface area contributed by atoms with Gasteiger partial charge in [0.05, 0.1) is 11.9 Å². The Morgan fingerprint density at radius 2 is 2.36 bits per heavy atom. The number of aromatic nitrogens is 1. The Morgan fingerprint density at radius 3 is 2.91 bits per heavy atom. The first-order valence-corrected chi connectivity index (χ1v) is 3.03. The predicted octanol–water partition coefficient (Wildman–Crippen LogP) is 1.42. The summed E-state index contributed by atoms with van der Waals surface area (Å²) in [5.74, 6) is -0.439. The summed E-state index contributed by atoms with van der Waals surface area (Å²) in [5.41, 5.74) is 0.824. The quantitative estimate of drug-likeness (QED) is 0.377. The molecule has 1 aromatic rings. The van der Waals surface area contributed by atoms with Crippen LogP contribution in [-0.4, -0.2) is 15.9 Å². The molecular formula is C7H7FN2O. The molecule has 1 N–H and O–H groups in total. The van der Waals surface area contributed by atoms with Gasteiger partial charge < -0.3 is 5.21 Å². The lowest BCUT2D eigenvalue weighted by molar-refractivity contribution is 0.319. The van der Waals surface area contributed by atoms with Crippen molar-refractivity contribution in [3.63, 3.8) is 0 Å². The maximum atomic E-state index is 12.5. The summed E-state index contributed by atoms with van der Waals surface area (Å²) >= 11 is 0. The molecule has 3 nitrogen and oxygen atoms in total. The van der Waals surface area contributed by atoms with Crippen LogP contribution in [0.3, 0.4) is 0 Å². The molecule has 0 saturated carbocycles. The van der Waals surface area contributed by atoms with E-state index >= 15 is 0 Å². The fourth-order valence-corrected chi connectivity index (χ4v) is 0.667. The van der Waals surface area contributed by atoms with Crippen molar-refractivity contribution in [2.75, 3.05) is 0 Å². The highest BCUT2D eigenvalue weighted by Gasteiger charge is 1.98. The highest BCUT2D eigenvalue weighted by Crippen LogP contribution is 2.01. The zero-order valence-corrected chi connectivity index (χ0v) is 5.95. The smallest absolute Gasteiger partial charge is 0.142 e. The van der Waals surface area contributed by atoms with Crippen molar-refractivity contribution in [2.24, 2.45) is 5.16 Å². The van der Waals surface area contributed by atoms with Crippen LogP contribution in [0.4, 0.5) is 4.39 Å². The minimum atomic E-state index is -0.439. The van der Waals surface area contributed by atoms with Crippen molar-refractivity contribution in [3.05, 3.63) is 29.8 Å². The third-order valence-electron chi connectivity index (χ3n) is 1.27. The van der Waals surface area contributed by atoms with Gasteiger partial charge >= 0.3 is 0 Å². The minimum absolute atomic E-state index is 0.344. The van der Waals surface area contributed by atoms with E-state index in [1.54, 1.807) is 6.92 Å². The molecule has 0 bridgehead atoms. The van der Waals surface area contributed by atoms with Crippen molar-refractivity contribution < 1.29 is 9.60 Å². The molecule has 4 heteroatoms. The minimum Gasteiger partial charge on any atom is -0.411 e. The van der Waals surface area contributed by atoms with Gasteiger partial charge in [0.2, 0.25) is 0 Å². The maximum absolute atomic E-state index is 12.5. The standard InChI is InChI=1S/C7H7FN2O/c1-5(10-11)6-2-7(8)4-9-3-6/h2-4,11H,1H3. The van der Waals surface area contributed by atoms with Gasteiger partial charge in [0.1, 0.15) is 5.82 Å². The van der Waals surface area contributed by atoms with Gasteiger partial charge in [-0.3, -0.25) is 4.98 Å². The monoisotopic (exact) mass is 154 g/mol. The largest absolute Gasteiger partial charge is 0.411 e. The van der Waals surface area contributed by atoms with Crippen molar-refractivity contribution in [1.29, 1.82) is 0 Å². The fourth-order valence-electron chi connectivity index (χ4n) is 0.667. The first kappa shape index (κ1) is 7.65. The Kier molecular flexibility index (Phi) is 2.15. The van der Waals surface area contributed by atoms with Gasteiger partial charge in [-0.2, -0.15) is 0 Å². The molecule has 0 saturated heterocycles. The van der Waals surface area contributed by atoms with Gasteiger partial charge in [-0.25, -0.2) is 4.39 Å². The molecule has 0 aromatic carbocycles. The topological polar surface area (TPSA) is 45.5 Å². The highest BCUT2D eigenvalue weighted by molar-refractivity contribution is 5.97. The van der Waals surface area contributed by atoms with Crippen LogP contribution in [0.15, 0.2) is 23.6 Å². The number of nitrogens with zero attached hydrogens (tertiary/aromatic N) is 2. The molecule has 0 spiro atoms. The van der Waals surface area contributed by atoms with Crippen molar-refractivity contribution in [3.8, 4) is 0 Å². The van der Waals surface area contributed by atoms with E-state index in [1.807, 2.05) is 0 Å². The van der Waals surface area contributed by atoms with E-state index in [1.165, 1.54) is 12.3 Å². The van der Waals surface area contributed by atoms with Crippen LogP contribution in [0.25, 0.3) is 0 Å². The number of pyridine rings is 1. The average Bonchev–Trinajstić information content (AvgIpc) is 2.03. The van der Waals surface area contributed by atoms with Crippen molar-refractivity contribution >= 4 is 5.71 Å². The average molecular weight is 154 g/mol. The number of hydrogen-bond acceptors (Lipinski definition) is 3. The number of oxime groups is 1. The zero-order valence-electron chi connectivity index (χ0n) is 5.95. The third-order valence-corrected chi connectivity index (χ3v) is 1.27. The van der Waals surface area contributed by atoms with Gasteiger partial charge in [0, 0.05) is 11.8 Å². The lowest BCUT2D eigenvalue weighted by Gasteiger charge is -1.95. The molecule has 0 radical (unpaired) electrons. The maximum Gasteiger partial charge on any atom is 0.142 e. The summed E-state index contributed by atoms with van der Waals surface area (Å²) in [7, 11) is 0. The number of halogens is 1. The summed E-state index contributed by atoms with van der Waals surface area (Å²) in [6.07, 6.45) is 2.52. The van der Waals surface area contributed by atoms with E-state index in [2.05, 4.69) is 10.1 Å². The summed E-state index contributed by atoms with van der Waals surface area (Å²) in [6, 6.07) is 1.25. The SMILES string of the molecule is CC(=NO)c1cncc(F)c1. The summed E-state index contributed by atoms with van der Waals surface area (Å²) in [6.45, 7) is 1.57. The third kappa shape index (κ3) is 1.73. The van der Waals surface area contributed by atoms with E-state index in [4.69, 9.17) is 5.21 Å². The van der Waals surface area contributed by atoms with E-state index in [0.717, 1.165) is 6.20 Å².